The lowest BCUT2D eigenvalue weighted by Gasteiger charge is -2.23. The molecule has 1 aromatic carbocycles. The van der Waals surface area contributed by atoms with Crippen molar-refractivity contribution < 1.29 is 4.74 Å². The minimum Gasteiger partial charge on any atom is -0.383 e. The summed E-state index contributed by atoms with van der Waals surface area (Å²) in [7, 11) is 0. The maximum Gasteiger partial charge on any atom is 0.129 e. The maximum atomic E-state index is 5.97. The van der Waals surface area contributed by atoms with E-state index in [1.54, 1.807) is 0 Å². The Hall–Kier alpha value is -1.61. The van der Waals surface area contributed by atoms with Crippen molar-refractivity contribution in [3.8, 4) is 0 Å². The summed E-state index contributed by atoms with van der Waals surface area (Å²) >= 11 is 0. The third-order valence-corrected chi connectivity index (χ3v) is 3.31. The van der Waals surface area contributed by atoms with Crippen molar-refractivity contribution in [3.63, 3.8) is 0 Å². The summed E-state index contributed by atoms with van der Waals surface area (Å²) in [5, 5.41) is 1.10. The van der Waals surface area contributed by atoms with Gasteiger partial charge in [-0.1, -0.05) is 25.1 Å². The van der Waals surface area contributed by atoms with Gasteiger partial charge in [0, 0.05) is 10.9 Å². The SMILES string of the molecule is CCC(C)(C)OCc1cc2ccccc2nc1N. The molecule has 0 aliphatic rings. The standard InChI is InChI=1S/C15H20N2O/c1-4-15(2,3)18-10-12-9-11-7-5-6-8-13(11)17-14(12)16/h5-9H,4,10H2,1-3H3,(H2,16,17). The van der Waals surface area contributed by atoms with Crippen LogP contribution in [0.2, 0.25) is 0 Å². The molecule has 0 amide bonds. The quantitative estimate of drug-likeness (QED) is 0.895. The molecule has 1 aromatic heterocycles. The second-order valence-electron chi connectivity index (χ2n) is 5.13. The van der Waals surface area contributed by atoms with Gasteiger partial charge in [-0.2, -0.15) is 0 Å². The molecule has 0 atom stereocenters. The monoisotopic (exact) mass is 244 g/mol. The highest BCUT2D eigenvalue weighted by atomic mass is 16.5. The third-order valence-electron chi connectivity index (χ3n) is 3.31. The lowest BCUT2D eigenvalue weighted by Crippen LogP contribution is -2.23. The van der Waals surface area contributed by atoms with E-state index in [1.165, 1.54) is 0 Å². The van der Waals surface area contributed by atoms with Gasteiger partial charge in [-0.3, -0.25) is 0 Å². The van der Waals surface area contributed by atoms with E-state index in [-0.39, 0.29) is 5.60 Å². The second-order valence-corrected chi connectivity index (χ2v) is 5.13. The topological polar surface area (TPSA) is 48.1 Å². The molecule has 0 aliphatic heterocycles. The number of benzene rings is 1. The number of fused-ring (bicyclic) bond motifs is 1. The van der Waals surface area contributed by atoms with Gasteiger partial charge in [0.05, 0.1) is 17.7 Å². The number of aromatic nitrogens is 1. The van der Waals surface area contributed by atoms with Crippen LogP contribution < -0.4 is 5.73 Å². The van der Waals surface area contributed by atoms with E-state index in [4.69, 9.17) is 10.5 Å². The summed E-state index contributed by atoms with van der Waals surface area (Å²) in [5.74, 6) is 0.556. The number of hydrogen-bond donors (Lipinski definition) is 1. The van der Waals surface area contributed by atoms with Gasteiger partial charge in [0.1, 0.15) is 5.82 Å². The van der Waals surface area contributed by atoms with Gasteiger partial charge in [-0.05, 0) is 32.4 Å². The number of rotatable bonds is 4. The number of hydrogen-bond acceptors (Lipinski definition) is 3. The molecule has 3 nitrogen and oxygen atoms in total. The summed E-state index contributed by atoms with van der Waals surface area (Å²) < 4.78 is 5.87. The molecule has 2 rings (SSSR count). The van der Waals surface area contributed by atoms with Crippen LogP contribution in [0.15, 0.2) is 30.3 Å². The highest BCUT2D eigenvalue weighted by molar-refractivity contribution is 5.81. The van der Waals surface area contributed by atoms with Gasteiger partial charge in [0.25, 0.3) is 0 Å². The number of nitrogens with two attached hydrogens (primary N) is 1. The first kappa shape index (κ1) is 12.8. The average molecular weight is 244 g/mol. The molecular formula is C15H20N2O. The molecular weight excluding hydrogens is 224 g/mol. The first-order chi connectivity index (χ1) is 8.52. The van der Waals surface area contributed by atoms with E-state index >= 15 is 0 Å². The molecule has 2 aromatic rings. The Morgan fingerprint density at radius 2 is 2.00 bits per heavy atom. The lowest BCUT2D eigenvalue weighted by molar-refractivity contribution is -0.0314. The van der Waals surface area contributed by atoms with E-state index in [0.29, 0.717) is 12.4 Å². The van der Waals surface area contributed by atoms with E-state index in [2.05, 4.69) is 31.8 Å². The molecule has 0 aliphatic carbocycles. The van der Waals surface area contributed by atoms with Crippen LogP contribution in [0.4, 0.5) is 5.82 Å². The fourth-order valence-corrected chi connectivity index (χ4v) is 1.67. The Balaban J connectivity index is 2.25. The fraction of sp³-hybridized carbons (Fsp3) is 0.400. The molecule has 18 heavy (non-hydrogen) atoms. The summed E-state index contributed by atoms with van der Waals surface area (Å²) in [6, 6.07) is 10.0. The number of pyridine rings is 1. The molecule has 0 fully saturated rings. The van der Waals surface area contributed by atoms with E-state index in [1.807, 2.05) is 24.3 Å². The average Bonchev–Trinajstić information content (AvgIpc) is 2.36. The summed E-state index contributed by atoms with van der Waals surface area (Å²) in [5.41, 5.74) is 7.72. The summed E-state index contributed by atoms with van der Waals surface area (Å²) in [6.45, 7) is 6.78. The van der Waals surface area contributed by atoms with Gasteiger partial charge in [0.2, 0.25) is 0 Å². The molecule has 3 heteroatoms. The Morgan fingerprint density at radius 3 is 2.72 bits per heavy atom. The maximum absolute atomic E-state index is 5.97. The fourth-order valence-electron chi connectivity index (χ4n) is 1.67. The summed E-state index contributed by atoms with van der Waals surface area (Å²) in [6.07, 6.45) is 0.966. The van der Waals surface area contributed by atoms with Crippen LogP contribution in [0.5, 0.6) is 0 Å². The number of ether oxygens (including phenoxy) is 1. The van der Waals surface area contributed by atoms with Crippen LogP contribution in [0.25, 0.3) is 10.9 Å². The normalized spacial score (nSPS) is 11.9. The number of para-hydroxylation sites is 1. The van der Waals surface area contributed by atoms with Gasteiger partial charge in [-0.15, -0.1) is 0 Å². The second kappa shape index (κ2) is 4.94. The van der Waals surface area contributed by atoms with E-state index in [0.717, 1.165) is 22.9 Å². The van der Waals surface area contributed by atoms with Gasteiger partial charge < -0.3 is 10.5 Å². The smallest absolute Gasteiger partial charge is 0.129 e. The minimum atomic E-state index is -0.127. The molecule has 2 N–H and O–H groups in total. The Morgan fingerprint density at radius 1 is 1.28 bits per heavy atom. The molecule has 0 unspecified atom stereocenters. The van der Waals surface area contributed by atoms with Crippen molar-refractivity contribution in [2.75, 3.05) is 5.73 Å². The molecule has 96 valence electrons. The van der Waals surface area contributed by atoms with Crippen molar-refractivity contribution in [1.29, 1.82) is 0 Å². The van der Waals surface area contributed by atoms with Crippen LogP contribution in [-0.2, 0) is 11.3 Å². The first-order valence-corrected chi connectivity index (χ1v) is 6.30. The summed E-state index contributed by atoms with van der Waals surface area (Å²) in [4.78, 5) is 4.40. The van der Waals surface area contributed by atoms with Crippen LogP contribution in [0, 0.1) is 0 Å². The van der Waals surface area contributed by atoms with Crippen molar-refractivity contribution in [2.45, 2.75) is 39.4 Å². The minimum absolute atomic E-state index is 0.127. The molecule has 0 bridgehead atoms. The van der Waals surface area contributed by atoms with Crippen molar-refractivity contribution in [3.05, 3.63) is 35.9 Å². The van der Waals surface area contributed by atoms with Crippen LogP contribution in [-0.4, -0.2) is 10.6 Å². The van der Waals surface area contributed by atoms with Crippen LogP contribution in [0.3, 0.4) is 0 Å². The predicted octanol–water partition coefficient (Wildman–Crippen LogP) is 3.52. The number of nitrogens with zero attached hydrogens (tertiary/aromatic N) is 1. The van der Waals surface area contributed by atoms with E-state index < -0.39 is 0 Å². The van der Waals surface area contributed by atoms with Crippen molar-refractivity contribution in [2.24, 2.45) is 0 Å². The van der Waals surface area contributed by atoms with Crippen LogP contribution >= 0.6 is 0 Å². The van der Waals surface area contributed by atoms with Gasteiger partial charge >= 0.3 is 0 Å². The van der Waals surface area contributed by atoms with Gasteiger partial charge in [-0.25, -0.2) is 4.98 Å². The molecule has 1 heterocycles. The Labute approximate surface area is 108 Å². The zero-order chi connectivity index (χ0) is 13.2. The van der Waals surface area contributed by atoms with Crippen molar-refractivity contribution in [1.82, 2.24) is 4.98 Å². The number of nitrogen functional groups attached to an aromatic ring is 1. The number of anilines is 1. The highest BCUT2D eigenvalue weighted by Crippen LogP contribution is 2.22. The Kier molecular flexibility index (Phi) is 3.53. The predicted molar refractivity (Wildman–Crippen MR) is 75.3 cm³/mol. The van der Waals surface area contributed by atoms with Crippen molar-refractivity contribution >= 4 is 16.7 Å². The molecule has 0 saturated heterocycles. The third kappa shape index (κ3) is 2.79. The molecule has 0 radical (unpaired) electrons. The first-order valence-electron chi connectivity index (χ1n) is 6.30. The molecule has 0 spiro atoms. The Bertz CT molecular complexity index is 549. The largest absolute Gasteiger partial charge is 0.383 e. The van der Waals surface area contributed by atoms with Gasteiger partial charge in [0.15, 0.2) is 0 Å². The van der Waals surface area contributed by atoms with Crippen LogP contribution in [0.1, 0.15) is 32.8 Å². The highest BCUT2D eigenvalue weighted by Gasteiger charge is 2.16. The molecule has 0 saturated carbocycles. The zero-order valence-electron chi connectivity index (χ0n) is 11.2. The lowest BCUT2D eigenvalue weighted by atomic mass is 10.1. The zero-order valence-corrected chi connectivity index (χ0v) is 11.2. The van der Waals surface area contributed by atoms with E-state index in [9.17, 15) is 0 Å².